The zero-order valence-corrected chi connectivity index (χ0v) is 11.1. The van der Waals surface area contributed by atoms with E-state index in [1.165, 1.54) is 24.1 Å². The summed E-state index contributed by atoms with van der Waals surface area (Å²) in [6.45, 7) is 1.72. The molecule has 0 fully saturated rings. The normalized spacial score (nSPS) is 10.3. The first-order valence-corrected chi connectivity index (χ1v) is 5.87. The molecule has 6 heteroatoms. The lowest BCUT2D eigenvalue weighted by molar-refractivity contribution is 0.0697. The first kappa shape index (κ1) is 13.7. The average molecular weight is 274 g/mol. The summed E-state index contributed by atoms with van der Waals surface area (Å²) in [6.07, 6.45) is 0. The number of nitrogens with two attached hydrogens (primary N) is 1. The summed E-state index contributed by atoms with van der Waals surface area (Å²) in [6, 6.07) is 7.56. The molecule has 0 radical (unpaired) electrons. The topological polar surface area (TPSA) is 96.8 Å². The highest BCUT2D eigenvalue weighted by Crippen LogP contribution is 2.24. The van der Waals surface area contributed by atoms with Crippen molar-refractivity contribution in [1.82, 2.24) is 0 Å². The summed E-state index contributed by atoms with van der Waals surface area (Å²) in [5, 5.41) is 9.18. The van der Waals surface area contributed by atoms with Crippen molar-refractivity contribution in [2.75, 3.05) is 17.7 Å². The lowest BCUT2D eigenvalue weighted by Gasteiger charge is -2.18. The fourth-order valence-electron chi connectivity index (χ4n) is 1.84. The van der Waals surface area contributed by atoms with E-state index in [0.717, 1.165) is 0 Å². The minimum absolute atomic E-state index is 0.0378. The molecule has 0 unspecified atom stereocenters. The maximum Gasteiger partial charge on any atom is 0.337 e. The Morgan fingerprint density at radius 3 is 2.50 bits per heavy atom. The number of aromatic carboxylic acids is 1. The van der Waals surface area contributed by atoms with E-state index in [0.29, 0.717) is 11.4 Å². The van der Waals surface area contributed by atoms with Gasteiger partial charge in [0, 0.05) is 12.7 Å². The van der Waals surface area contributed by atoms with E-state index in [1.54, 1.807) is 25.1 Å². The molecule has 0 aliphatic rings. The van der Waals surface area contributed by atoms with Crippen molar-refractivity contribution in [3.63, 3.8) is 0 Å². The van der Waals surface area contributed by atoms with Crippen molar-refractivity contribution < 1.29 is 19.1 Å². The van der Waals surface area contributed by atoms with Gasteiger partial charge in [0.05, 0.1) is 11.3 Å². The molecule has 0 aliphatic carbocycles. The second-order valence-corrected chi connectivity index (χ2v) is 4.36. The van der Waals surface area contributed by atoms with Crippen LogP contribution in [0.4, 0.5) is 11.4 Å². The zero-order chi connectivity index (χ0) is 14.9. The van der Waals surface area contributed by atoms with Gasteiger partial charge in [-0.15, -0.1) is 0 Å². The van der Waals surface area contributed by atoms with Crippen LogP contribution in [0.3, 0.4) is 0 Å². The number of aryl methyl sites for hydroxylation is 1. The molecule has 104 valence electrons. The Hall–Kier alpha value is -2.76. The number of amides is 1. The highest BCUT2D eigenvalue weighted by molar-refractivity contribution is 6.08. The Labute approximate surface area is 115 Å². The van der Waals surface area contributed by atoms with Gasteiger partial charge in [0.1, 0.15) is 5.76 Å². The van der Waals surface area contributed by atoms with Crippen LogP contribution in [0.15, 0.2) is 34.7 Å². The van der Waals surface area contributed by atoms with Crippen LogP contribution in [0.2, 0.25) is 0 Å². The molecule has 6 nitrogen and oxygen atoms in total. The Balaban J connectivity index is 2.40. The quantitative estimate of drug-likeness (QED) is 0.836. The Morgan fingerprint density at radius 2 is 1.95 bits per heavy atom. The summed E-state index contributed by atoms with van der Waals surface area (Å²) in [7, 11) is 1.48. The molecular formula is C14H14N2O4. The number of nitrogens with zero attached hydrogens (tertiary/aromatic N) is 1. The van der Waals surface area contributed by atoms with Crippen LogP contribution in [0.5, 0.6) is 0 Å². The molecule has 0 atom stereocenters. The summed E-state index contributed by atoms with van der Waals surface area (Å²) in [5.74, 6) is -0.816. The molecule has 1 aromatic carbocycles. The van der Waals surface area contributed by atoms with Crippen molar-refractivity contribution in [3.8, 4) is 0 Å². The number of carbonyl (C=O) groups is 2. The van der Waals surface area contributed by atoms with Gasteiger partial charge in [-0.1, -0.05) is 0 Å². The van der Waals surface area contributed by atoms with Crippen LogP contribution < -0.4 is 10.6 Å². The number of carboxylic acids is 1. The van der Waals surface area contributed by atoms with Crippen molar-refractivity contribution in [3.05, 3.63) is 47.4 Å². The summed E-state index contributed by atoms with van der Waals surface area (Å²) < 4.78 is 5.25. The molecule has 20 heavy (non-hydrogen) atoms. The highest BCUT2D eigenvalue weighted by Gasteiger charge is 2.21. The molecular weight excluding hydrogens is 260 g/mol. The molecule has 0 saturated heterocycles. The Bertz CT molecular complexity index is 676. The lowest BCUT2D eigenvalue weighted by atomic mass is 10.1. The number of hydrogen-bond acceptors (Lipinski definition) is 4. The van der Waals surface area contributed by atoms with Gasteiger partial charge in [0.15, 0.2) is 5.76 Å². The largest absolute Gasteiger partial charge is 0.478 e. The van der Waals surface area contributed by atoms with E-state index in [9.17, 15) is 14.7 Å². The third-order valence-corrected chi connectivity index (χ3v) is 2.87. The van der Waals surface area contributed by atoms with E-state index >= 15 is 0 Å². The summed E-state index contributed by atoms with van der Waals surface area (Å²) >= 11 is 0. The molecule has 2 rings (SSSR count). The Kier molecular flexibility index (Phi) is 3.47. The van der Waals surface area contributed by atoms with Gasteiger partial charge in [-0.05, 0) is 37.3 Å². The summed E-state index contributed by atoms with van der Waals surface area (Å²) in [5.41, 5.74) is 6.11. The molecule has 2 aromatic rings. The molecule has 0 bridgehead atoms. The monoisotopic (exact) mass is 274 g/mol. The third-order valence-electron chi connectivity index (χ3n) is 2.87. The molecule has 0 saturated carbocycles. The van der Waals surface area contributed by atoms with Gasteiger partial charge in [0.2, 0.25) is 0 Å². The number of carboxylic acid groups (broad SMARTS) is 1. The fourth-order valence-corrected chi connectivity index (χ4v) is 1.84. The number of rotatable bonds is 3. The second-order valence-electron chi connectivity index (χ2n) is 4.36. The maximum atomic E-state index is 12.2. The third kappa shape index (κ3) is 2.49. The molecule has 1 amide bonds. The number of hydrogen-bond donors (Lipinski definition) is 2. The predicted molar refractivity (Wildman–Crippen MR) is 74.0 cm³/mol. The van der Waals surface area contributed by atoms with Gasteiger partial charge in [-0.25, -0.2) is 4.79 Å². The minimum Gasteiger partial charge on any atom is -0.478 e. The number of furan rings is 1. The van der Waals surface area contributed by atoms with Gasteiger partial charge >= 0.3 is 5.97 Å². The molecule has 1 heterocycles. The first-order valence-electron chi connectivity index (χ1n) is 5.87. The number of carbonyl (C=O) groups excluding carboxylic acids is 1. The van der Waals surface area contributed by atoms with E-state index in [2.05, 4.69) is 0 Å². The van der Waals surface area contributed by atoms with Crippen LogP contribution >= 0.6 is 0 Å². The van der Waals surface area contributed by atoms with Crippen molar-refractivity contribution in [1.29, 1.82) is 0 Å². The highest BCUT2D eigenvalue weighted by atomic mass is 16.4. The predicted octanol–water partition coefficient (Wildman–Crippen LogP) is 2.15. The van der Waals surface area contributed by atoms with Gasteiger partial charge in [-0.3, -0.25) is 4.79 Å². The van der Waals surface area contributed by atoms with Crippen molar-refractivity contribution >= 4 is 23.3 Å². The van der Waals surface area contributed by atoms with Crippen LogP contribution in [0, 0.1) is 6.92 Å². The Morgan fingerprint density at radius 1 is 1.25 bits per heavy atom. The fraction of sp³-hybridized carbons (Fsp3) is 0.143. The van der Waals surface area contributed by atoms with Crippen LogP contribution in [-0.4, -0.2) is 24.0 Å². The smallest absolute Gasteiger partial charge is 0.337 e. The van der Waals surface area contributed by atoms with Crippen LogP contribution in [0.1, 0.15) is 26.7 Å². The molecule has 3 N–H and O–H groups in total. The molecule has 0 aliphatic heterocycles. The second kappa shape index (κ2) is 5.08. The first-order chi connectivity index (χ1) is 9.40. The maximum absolute atomic E-state index is 12.2. The zero-order valence-electron chi connectivity index (χ0n) is 11.1. The summed E-state index contributed by atoms with van der Waals surface area (Å²) in [4.78, 5) is 24.7. The number of anilines is 2. The molecule has 1 aromatic heterocycles. The average Bonchev–Trinajstić information content (AvgIpc) is 2.83. The van der Waals surface area contributed by atoms with Gasteiger partial charge in [-0.2, -0.15) is 0 Å². The SMILES string of the molecule is Cc1ccc(C(=O)N(C)c2ccc(N)cc2C(=O)O)o1. The minimum atomic E-state index is -1.15. The van der Waals surface area contributed by atoms with Crippen molar-refractivity contribution in [2.24, 2.45) is 0 Å². The van der Waals surface area contributed by atoms with Gasteiger partial charge < -0.3 is 20.2 Å². The van der Waals surface area contributed by atoms with E-state index in [-0.39, 0.29) is 17.0 Å². The number of nitrogen functional groups attached to an aromatic ring is 1. The standard InChI is InChI=1S/C14H14N2O4/c1-8-3-6-12(20-8)13(17)16(2)11-5-4-9(15)7-10(11)14(18)19/h3-7H,15H2,1-2H3,(H,18,19). The van der Waals surface area contributed by atoms with Crippen molar-refractivity contribution in [2.45, 2.75) is 6.92 Å². The lowest BCUT2D eigenvalue weighted by Crippen LogP contribution is -2.27. The van der Waals surface area contributed by atoms with Gasteiger partial charge in [0.25, 0.3) is 5.91 Å². The van der Waals surface area contributed by atoms with E-state index in [1.807, 2.05) is 0 Å². The van der Waals surface area contributed by atoms with Crippen LogP contribution in [-0.2, 0) is 0 Å². The number of benzene rings is 1. The van der Waals surface area contributed by atoms with Crippen LogP contribution in [0.25, 0.3) is 0 Å². The van der Waals surface area contributed by atoms with E-state index in [4.69, 9.17) is 10.2 Å². The molecule has 0 spiro atoms. The van der Waals surface area contributed by atoms with E-state index < -0.39 is 11.9 Å².